The first-order chi connectivity index (χ1) is 4.29. The molecule has 9 heavy (non-hydrogen) atoms. The van der Waals surface area contributed by atoms with Gasteiger partial charge in [0.05, 0.1) is 0 Å². The molecule has 0 saturated heterocycles. The lowest BCUT2D eigenvalue weighted by Gasteiger charge is -1.91. The van der Waals surface area contributed by atoms with E-state index in [-0.39, 0.29) is 5.78 Å². The molecule has 3 nitrogen and oxygen atoms in total. The molecule has 1 heterocycles. The van der Waals surface area contributed by atoms with Crippen LogP contribution in [0.1, 0.15) is 6.92 Å². The summed E-state index contributed by atoms with van der Waals surface area (Å²) < 4.78 is 1.47. The maximum atomic E-state index is 10.4. The second kappa shape index (κ2) is 2.44. The normalized spacial score (nSPS) is 9.44. The quantitative estimate of drug-likeness (QED) is 0.573. The molecular formula is C6H7N2O. The Morgan fingerprint density at radius 2 is 2.56 bits per heavy atom. The highest BCUT2D eigenvalue weighted by molar-refractivity contribution is 5.83. The summed E-state index contributed by atoms with van der Waals surface area (Å²) in [5.41, 5.74) is 0. The fourth-order valence-corrected chi connectivity index (χ4v) is 0.543. The zero-order valence-electron chi connectivity index (χ0n) is 5.11. The third-order valence-corrected chi connectivity index (χ3v) is 0.839. The number of Topliss-reactive ketones (excluding diaryl/α,β-unsaturated/α-hetero) is 1. The molecule has 1 aromatic rings. The molecule has 47 valence electrons. The van der Waals surface area contributed by atoms with Crippen molar-refractivity contribution in [2.75, 3.05) is 0 Å². The van der Waals surface area contributed by atoms with Gasteiger partial charge >= 0.3 is 0 Å². The summed E-state index contributed by atoms with van der Waals surface area (Å²) >= 11 is 0. The Kier molecular flexibility index (Phi) is 1.63. The number of rotatable bonds is 2. The number of hydrogen-bond acceptors (Lipinski definition) is 2. The van der Waals surface area contributed by atoms with Gasteiger partial charge in [-0.25, -0.2) is 0 Å². The van der Waals surface area contributed by atoms with Gasteiger partial charge in [-0.1, -0.05) is 0 Å². The van der Waals surface area contributed by atoms with Gasteiger partial charge < -0.3 is 0 Å². The topological polar surface area (TPSA) is 34.9 Å². The average molecular weight is 123 g/mol. The highest BCUT2D eigenvalue weighted by Gasteiger charge is 1.93. The molecule has 3 heteroatoms. The molecule has 0 aliphatic rings. The molecule has 0 bridgehead atoms. The Hall–Kier alpha value is -1.12. The van der Waals surface area contributed by atoms with Gasteiger partial charge in [-0.15, -0.1) is 0 Å². The first-order valence-corrected chi connectivity index (χ1v) is 2.63. The van der Waals surface area contributed by atoms with Crippen LogP contribution in [0.2, 0.25) is 0 Å². The molecular weight excluding hydrogens is 116 g/mol. The highest BCUT2D eigenvalue weighted by atomic mass is 16.1. The molecule has 0 fully saturated rings. The summed E-state index contributed by atoms with van der Waals surface area (Å²) in [7, 11) is 0. The lowest BCUT2D eigenvalue weighted by molar-refractivity contribution is -0.114. The van der Waals surface area contributed by atoms with Crippen molar-refractivity contribution >= 4 is 5.78 Å². The Morgan fingerprint density at radius 1 is 1.78 bits per heavy atom. The van der Waals surface area contributed by atoms with Crippen LogP contribution in [0.5, 0.6) is 0 Å². The van der Waals surface area contributed by atoms with Gasteiger partial charge in [-0.2, -0.15) is 5.10 Å². The number of nitrogens with zero attached hydrogens (tertiary/aromatic N) is 2. The highest BCUT2D eigenvalue weighted by Crippen LogP contribution is 1.86. The van der Waals surface area contributed by atoms with E-state index in [0.29, 0.717) is 0 Å². The van der Waals surface area contributed by atoms with Gasteiger partial charge in [0, 0.05) is 12.4 Å². The molecule has 0 saturated carbocycles. The van der Waals surface area contributed by atoms with Gasteiger partial charge in [0.2, 0.25) is 0 Å². The minimum absolute atomic E-state index is 0.00120. The van der Waals surface area contributed by atoms with Gasteiger partial charge in [-0.3, -0.25) is 9.48 Å². The van der Waals surface area contributed by atoms with Crippen LogP contribution in [0.4, 0.5) is 0 Å². The Labute approximate surface area is 53.3 Å². The lowest BCUT2D eigenvalue weighted by atomic mass is 10.4. The monoisotopic (exact) mass is 123 g/mol. The Morgan fingerprint density at radius 3 is 3.00 bits per heavy atom. The summed E-state index contributed by atoms with van der Waals surface area (Å²) in [5, 5.41) is 3.80. The molecule has 1 radical (unpaired) electrons. The van der Waals surface area contributed by atoms with Crippen LogP contribution >= 0.6 is 0 Å². The predicted octanol–water partition coefficient (Wildman–Crippen LogP) is 0.482. The van der Waals surface area contributed by atoms with Crippen LogP contribution < -0.4 is 0 Å². The second-order valence-electron chi connectivity index (χ2n) is 1.73. The zero-order valence-corrected chi connectivity index (χ0v) is 5.11. The average Bonchev–Trinajstić information content (AvgIpc) is 2.15. The number of carbonyl (C=O) groups excluding carboxylic acids is 1. The predicted molar refractivity (Wildman–Crippen MR) is 32.6 cm³/mol. The van der Waals surface area contributed by atoms with E-state index in [0.717, 1.165) is 0 Å². The van der Waals surface area contributed by atoms with E-state index in [2.05, 4.69) is 5.10 Å². The fraction of sp³-hybridized carbons (Fsp3) is 0.167. The van der Waals surface area contributed by atoms with Gasteiger partial charge in [-0.05, 0) is 13.0 Å². The van der Waals surface area contributed by atoms with Crippen molar-refractivity contribution in [1.29, 1.82) is 0 Å². The fourth-order valence-electron chi connectivity index (χ4n) is 0.543. The minimum Gasteiger partial charge on any atom is -0.297 e. The van der Waals surface area contributed by atoms with Crippen LogP contribution in [0.15, 0.2) is 18.5 Å². The van der Waals surface area contributed by atoms with Gasteiger partial charge in [0.15, 0.2) is 5.78 Å². The standard InChI is InChI=1S/C6H7N2O/c1-6(9)5-8-4-2-3-7-8/h2-5H,1H3. The summed E-state index contributed by atoms with van der Waals surface area (Å²) in [6, 6.07) is 1.76. The number of hydrogen-bond donors (Lipinski definition) is 0. The van der Waals surface area contributed by atoms with E-state index in [9.17, 15) is 4.79 Å². The first-order valence-electron chi connectivity index (χ1n) is 2.63. The zero-order chi connectivity index (χ0) is 6.69. The molecule has 0 aliphatic heterocycles. The number of ketones is 1. The van der Waals surface area contributed by atoms with Gasteiger partial charge in [0.1, 0.15) is 6.54 Å². The Bertz CT molecular complexity index is 191. The van der Waals surface area contributed by atoms with E-state index in [1.165, 1.54) is 18.2 Å². The maximum Gasteiger partial charge on any atom is 0.156 e. The lowest BCUT2D eigenvalue weighted by Crippen LogP contribution is -2.02. The van der Waals surface area contributed by atoms with E-state index < -0.39 is 0 Å². The van der Waals surface area contributed by atoms with E-state index in [1.807, 2.05) is 0 Å². The van der Waals surface area contributed by atoms with E-state index in [1.54, 1.807) is 18.5 Å². The molecule has 0 amide bonds. The summed E-state index contributed by atoms with van der Waals surface area (Å²) in [6.07, 6.45) is 3.33. The second-order valence-corrected chi connectivity index (χ2v) is 1.73. The summed E-state index contributed by atoms with van der Waals surface area (Å²) in [4.78, 5) is 10.4. The van der Waals surface area contributed by atoms with Crippen molar-refractivity contribution in [1.82, 2.24) is 9.78 Å². The van der Waals surface area contributed by atoms with Crippen LogP contribution in [0, 0.1) is 6.54 Å². The van der Waals surface area contributed by atoms with Crippen molar-refractivity contribution in [3.8, 4) is 0 Å². The van der Waals surface area contributed by atoms with Crippen molar-refractivity contribution < 1.29 is 4.79 Å². The van der Waals surface area contributed by atoms with Crippen LogP contribution in [-0.2, 0) is 4.79 Å². The third-order valence-electron chi connectivity index (χ3n) is 0.839. The van der Waals surface area contributed by atoms with Crippen molar-refractivity contribution in [2.24, 2.45) is 0 Å². The molecule has 0 N–H and O–H groups in total. The van der Waals surface area contributed by atoms with Crippen LogP contribution in [-0.4, -0.2) is 15.6 Å². The molecule has 1 rings (SSSR count). The molecule has 1 aromatic heterocycles. The first kappa shape index (κ1) is 6.01. The van der Waals surface area contributed by atoms with Gasteiger partial charge in [0.25, 0.3) is 0 Å². The van der Waals surface area contributed by atoms with Crippen LogP contribution in [0.25, 0.3) is 0 Å². The maximum absolute atomic E-state index is 10.4. The van der Waals surface area contributed by atoms with Crippen LogP contribution in [0.3, 0.4) is 0 Å². The SMILES string of the molecule is CC(=O)[CH]n1cccn1. The van der Waals surface area contributed by atoms with E-state index >= 15 is 0 Å². The molecule has 0 spiro atoms. The number of aromatic nitrogens is 2. The smallest absolute Gasteiger partial charge is 0.156 e. The number of carbonyl (C=O) groups is 1. The molecule has 0 aromatic carbocycles. The van der Waals surface area contributed by atoms with Crippen molar-refractivity contribution in [3.05, 3.63) is 25.0 Å². The van der Waals surface area contributed by atoms with Crippen molar-refractivity contribution in [3.63, 3.8) is 0 Å². The minimum atomic E-state index is -0.00120. The van der Waals surface area contributed by atoms with Crippen molar-refractivity contribution in [2.45, 2.75) is 6.92 Å². The Balaban J connectivity index is 2.58. The summed E-state index contributed by atoms with van der Waals surface area (Å²) in [6.45, 7) is 2.90. The molecule has 0 unspecified atom stereocenters. The van der Waals surface area contributed by atoms with E-state index in [4.69, 9.17) is 0 Å². The third kappa shape index (κ3) is 1.68. The largest absolute Gasteiger partial charge is 0.297 e. The molecule has 0 atom stereocenters. The molecule has 0 aliphatic carbocycles. The summed E-state index contributed by atoms with van der Waals surface area (Å²) in [5.74, 6) is -0.00120.